The first-order chi connectivity index (χ1) is 16.1. The van der Waals surface area contributed by atoms with Crippen LogP contribution in [0.3, 0.4) is 0 Å². The van der Waals surface area contributed by atoms with Gasteiger partial charge in [-0.25, -0.2) is 8.42 Å². The molecule has 2 aromatic carbocycles. The Labute approximate surface area is 199 Å². The minimum absolute atomic E-state index is 0.229. The van der Waals surface area contributed by atoms with Gasteiger partial charge in [0, 0.05) is 36.0 Å². The van der Waals surface area contributed by atoms with E-state index in [1.165, 1.54) is 21.3 Å². The van der Waals surface area contributed by atoms with E-state index in [0.29, 0.717) is 39.7 Å². The van der Waals surface area contributed by atoms with E-state index in [9.17, 15) is 18.0 Å². The quantitative estimate of drug-likeness (QED) is 0.461. The summed E-state index contributed by atoms with van der Waals surface area (Å²) in [6.07, 6.45) is 2.85. The molecule has 1 atom stereocenters. The Morgan fingerprint density at radius 2 is 1.76 bits per heavy atom. The molecule has 1 aliphatic heterocycles. The number of benzene rings is 2. The highest BCUT2D eigenvalue weighted by atomic mass is 32.2. The van der Waals surface area contributed by atoms with Crippen molar-refractivity contribution >= 4 is 44.5 Å². The lowest BCUT2D eigenvalue weighted by atomic mass is 10.0. The number of anilines is 3. The lowest BCUT2D eigenvalue weighted by Crippen LogP contribution is -2.39. The Balaban J connectivity index is 1.80. The van der Waals surface area contributed by atoms with Gasteiger partial charge in [-0.1, -0.05) is 0 Å². The lowest BCUT2D eigenvalue weighted by Gasteiger charge is -2.22. The normalized spacial score (nSPS) is 14.7. The molecule has 2 amide bonds. The molecule has 0 radical (unpaired) electrons. The van der Waals surface area contributed by atoms with E-state index in [2.05, 4.69) is 16.0 Å². The smallest absolute Gasteiger partial charge is 0.256 e. The number of carbonyl (C=O) groups is 2. The van der Waals surface area contributed by atoms with Crippen molar-refractivity contribution in [2.24, 2.45) is 0 Å². The zero-order valence-electron chi connectivity index (χ0n) is 19.6. The summed E-state index contributed by atoms with van der Waals surface area (Å²) in [5.41, 5.74) is 2.94. The number of fused-ring (bicyclic) bond motifs is 1. The molecule has 0 aromatic heterocycles. The summed E-state index contributed by atoms with van der Waals surface area (Å²) in [5.74, 6) is 0.394. The van der Waals surface area contributed by atoms with Crippen LogP contribution in [0.15, 0.2) is 42.5 Å². The average molecular weight is 489 g/mol. The molecule has 1 aliphatic rings. The fraction of sp³-hybridized carbons (Fsp3) is 0.304. The Morgan fingerprint density at radius 3 is 2.32 bits per heavy atom. The van der Waals surface area contributed by atoms with Crippen LogP contribution in [0.4, 0.5) is 17.1 Å². The summed E-state index contributed by atoms with van der Waals surface area (Å²) in [5, 5.41) is 8.52. The van der Waals surface area contributed by atoms with Gasteiger partial charge in [-0.05, 0) is 43.3 Å². The Morgan fingerprint density at radius 1 is 1.15 bits per heavy atom. The highest BCUT2D eigenvalue weighted by Gasteiger charge is 2.27. The topological polar surface area (TPSA) is 126 Å². The Kier molecular flexibility index (Phi) is 7.35. The summed E-state index contributed by atoms with van der Waals surface area (Å²) >= 11 is 0. The largest absolute Gasteiger partial charge is 0.493 e. The van der Waals surface area contributed by atoms with Gasteiger partial charge in [0.2, 0.25) is 15.9 Å². The maximum atomic E-state index is 12.6. The van der Waals surface area contributed by atoms with Crippen molar-refractivity contribution in [1.29, 1.82) is 0 Å². The average Bonchev–Trinajstić information content (AvgIpc) is 3.09. The maximum Gasteiger partial charge on any atom is 0.256 e. The van der Waals surface area contributed by atoms with Crippen LogP contribution in [-0.2, 0) is 19.6 Å². The van der Waals surface area contributed by atoms with E-state index < -0.39 is 15.9 Å². The van der Waals surface area contributed by atoms with Crippen molar-refractivity contribution in [3.8, 4) is 11.5 Å². The number of methoxy groups -OCH3 is 2. The second-order valence-corrected chi connectivity index (χ2v) is 9.62. The molecule has 0 fully saturated rings. The third kappa shape index (κ3) is 5.42. The minimum Gasteiger partial charge on any atom is -0.493 e. The van der Waals surface area contributed by atoms with Crippen molar-refractivity contribution in [1.82, 2.24) is 5.32 Å². The number of carbonyl (C=O) groups excluding carboxylic acids is 2. The molecular weight excluding hydrogens is 460 g/mol. The standard InChI is InChI=1S/C23H28N4O6S/c1-14(10-18-17-11-20(32-3)21(33-4)12-19(17)26-23(18)29)25-15-6-8-16(9-7-15)27(34(5,30)31)13-22(28)24-2/h6-12,14,25H,13H2,1-5H3,(H,24,28)(H,26,29). The number of nitrogens with zero attached hydrogens (tertiary/aromatic N) is 1. The van der Waals surface area contributed by atoms with Crippen molar-refractivity contribution < 1.29 is 27.5 Å². The molecule has 1 heterocycles. The highest BCUT2D eigenvalue weighted by Crippen LogP contribution is 2.40. The first kappa shape index (κ1) is 24.9. The van der Waals surface area contributed by atoms with E-state index in [4.69, 9.17) is 9.47 Å². The molecule has 0 saturated heterocycles. The molecule has 2 aromatic rings. The van der Waals surface area contributed by atoms with Crippen LogP contribution in [0.5, 0.6) is 11.5 Å². The van der Waals surface area contributed by atoms with Crippen LogP contribution in [0, 0.1) is 0 Å². The first-order valence-electron chi connectivity index (χ1n) is 10.4. The van der Waals surface area contributed by atoms with Crippen LogP contribution >= 0.6 is 0 Å². The molecule has 34 heavy (non-hydrogen) atoms. The number of sulfonamides is 1. The van der Waals surface area contributed by atoms with Crippen LogP contribution in [0.2, 0.25) is 0 Å². The summed E-state index contributed by atoms with van der Waals surface area (Å²) in [7, 11) is 0.868. The van der Waals surface area contributed by atoms with Gasteiger partial charge >= 0.3 is 0 Å². The second-order valence-electron chi connectivity index (χ2n) is 7.71. The molecule has 3 rings (SSSR count). The zero-order chi connectivity index (χ0) is 25.0. The molecule has 0 spiro atoms. The van der Waals surface area contributed by atoms with Gasteiger partial charge in [0.25, 0.3) is 5.91 Å². The number of ether oxygens (including phenoxy) is 2. The number of hydrogen-bond acceptors (Lipinski definition) is 7. The van der Waals surface area contributed by atoms with Gasteiger partial charge < -0.3 is 25.4 Å². The van der Waals surface area contributed by atoms with Crippen molar-refractivity contribution in [3.05, 3.63) is 48.0 Å². The van der Waals surface area contributed by atoms with Crippen LogP contribution in [0.1, 0.15) is 12.5 Å². The monoisotopic (exact) mass is 488 g/mol. The van der Waals surface area contributed by atoms with E-state index in [1.807, 2.05) is 6.92 Å². The fourth-order valence-corrected chi connectivity index (χ4v) is 4.43. The SMILES string of the molecule is CNC(=O)CN(c1ccc(NC(C)C=C2C(=O)Nc3cc(OC)c(OC)cc32)cc1)S(C)(=O)=O. The second kappa shape index (κ2) is 10.0. The number of amides is 2. The number of likely N-dealkylation sites (N-methyl/N-ethyl adjacent to an activating group) is 1. The molecule has 0 saturated carbocycles. The summed E-state index contributed by atoms with van der Waals surface area (Å²) < 4.78 is 35.9. The van der Waals surface area contributed by atoms with E-state index in [0.717, 1.165) is 10.6 Å². The molecule has 0 bridgehead atoms. The fourth-order valence-electron chi connectivity index (χ4n) is 3.57. The molecule has 3 N–H and O–H groups in total. The van der Waals surface area contributed by atoms with Crippen LogP contribution in [0.25, 0.3) is 5.57 Å². The van der Waals surface area contributed by atoms with Gasteiger partial charge in [0.1, 0.15) is 6.54 Å². The molecule has 1 unspecified atom stereocenters. The van der Waals surface area contributed by atoms with Crippen molar-refractivity contribution in [2.75, 3.05) is 49.0 Å². The molecule has 182 valence electrons. The predicted molar refractivity (Wildman–Crippen MR) is 132 cm³/mol. The molecular formula is C23H28N4O6S. The first-order valence-corrected chi connectivity index (χ1v) is 12.3. The lowest BCUT2D eigenvalue weighted by molar-refractivity contribution is -0.119. The third-order valence-corrected chi connectivity index (χ3v) is 6.38. The molecule has 11 heteroatoms. The zero-order valence-corrected chi connectivity index (χ0v) is 20.4. The Hall–Kier alpha value is -3.73. The van der Waals surface area contributed by atoms with Crippen molar-refractivity contribution in [3.63, 3.8) is 0 Å². The number of nitrogens with one attached hydrogen (secondary N) is 3. The molecule has 10 nitrogen and oxygen atoms in total. The molecule has 0 aliphatic carbocycles. The van der Waals surface area contributed by atoms with Crippen molar-refractivity contribution in [2.45, 2.75) is 13.0 Å². The predicted octanol–water partition coefficient (Wildman–Crippen LogP) is 2.05. The van der Waals surface area contributed by atoms with E-state index >= 15 is 0 Å². The summed E-state index contributed by atoms with van der Waals surface area (Å²) in [6, 6.07) is 9.89. The third-order valence-electron chi connectivity index (χ3n) is 5.24. The van der Waals surface area contributed by atoms with Gasteiger partial charge in [0.15, 0.2) is 11.5 Å². The number of hydrogen-bond donors (Lipinski definition) is 3. The minimum atomic E-state index is -3.64. The summed E-state index contributed by atoms with van der Waals surface area (Å²) in [4.78, 5) is 24.3. The maximum absolute atomic E-state index is 12.6. The summed E-state index contributed by atoms with van der Waals surface area (Å²) in [6.45, 7) is 1.58. The van der Waals surface area contributed by atoms with Gasteiger partial charge in [-0.2, -0.15) is 0 Å². The van der Waals surface area contributed by atoms with Gasteiger partial charge in [0.05, 0.1) is 31.9 Å². The Bertz CT molecular complexity index is 1220. The van der Waals surface area contributed by atoms with Gasteiger partial charge in [-0.15, -0.1) is 0 Å². The van der Waals surface area contributed by atoms with Crippen LogP contribution < -0.4 is 29.7 Å². The highest BCUT2D eigenvalue weighted by molar-refractivity contribution is 7.92. The van der Waals surface area contributed by atoms with Crippen LogP contribution in [-0.4, -0.2) is 60.3 Å². The number of rotatable bonds is 9. The van der Waals surface area contributed by atoms with E-state index in [-0.39, 0.29) is 18.5 Å². The van der Waals surface area contributed by atoms with Gasteiger partial charge in [-0.3, -0.25) is 13.9 Å². The van der Waals surface area contributed by atoms with E-state index in [1.54, 1.807) is 42.5 Å².